The fourth-order valence-electron chi connectivity index (χ4n) is 8.04. The van der Waals surface area contributed by atoms with Crippen LogP contribution in [0.15, 0.2) is 36.4 Å². The smallest absolute Gasteiger partial charge is 0.251 e. The lowest BCUT2D eigenvalue weighted by Crippen LogP contribution is -2.48. The second-order valence-corrected chi connectivity index (χ2v) is 13.4. The van der Waals surface area contributed by atoms with Crippen LogP contribution in [0.25, 0.3) is 0 Å². The number of rotatable bonds is 11. The molecule has 3 amide bonds. The van der Waals surface area contributed by atoms with Crippen LogP contribution in [0.3, 0.4) is 0 Å². The van der Waals surface area contributed by atoms with Gasteiger partial charge in [0.15, 0.2) is 5.82 Å². The first-order valence-electron chi connectivity index (χ1n) is 16.9. The maximum atomic E-state index is 13.6. The van der Waals surface area contributed by atoms with Gasteiger partial charge in [-0.3, -0.25) is 14.4 Å². The molecule has 1 aromatic heterocycles. The van der Waals surface area contributed by atoms with E-state index in [0.717, 1.165) is 47.9 Å². The van der Waals surface area contributed by atoms with Crippen LogP contribution in [0.2, 0.25) is 0 Å². The molecule has 7 rings (SSSR count). The van der Waals surface area contributed by atoms with Crippen molar-refractivity contribution in [3.8, 4) is 6.07 Å². The van der Waals surface area contributed by atoms with Gasteiger partial charge in [0.25, 0.3) is 11.8 Å². The Morgan fingerprint density at radius 1 is 1.00 bits per heavy atom. The molecule has 47 heavy (non-hydrogen) atoms. The Balaban J connectivity index is 1.31. The maximum Gasteiger partial charge on any atom is 0.251 e. The number of aryl methyl sites for hydroxylation is 2. The Hall–Kier alpha value is -4.63. The number of nitrogens with one attached hydrogen (secondary N) is 4. The number of hydrogen-bond acceptors (Lipinski definition) is 8. The number of H-pyrrole nitrogens is 1. The molecule has 2 heterocycles. The van der Waals surface area contributed by atoms with Crippen LogP contribution in [-0.4, -0.2) is 81.0 Å². The van der Waals surface area contributed by atoms with Crippen LogP contribution in [0.5, 0.6) is 0 Å². The zero-order valence-corrected chi connectivity index (χ0v) is 26.9. The van der Waals surface area contributed by atoms with Crippen molar-refractivity contribution in [1.29, 1.82) is 5.26 Å². The first kappa shape index (κ1) is 31.0. The summed E-state index contributed by atoms with van der Waals surface area (Å²) >= 11 is 0. The SMILES string of the molecule is CCNC(=O)c1ccc2c(c1)CCc1cc(C(=O)NCC)ccc1C2(C[C@@H](NCC(=O)N1[C@H](C#N)C[C@@H]2C[C@@H]21)C1CC1)c1nnn[nH]1. The van der Waals surface area contributed by atoms with Crippen molar-refractivity contribution in [2.75, 3.05) is 19.6 Å². The number of piperidine rings is 1. The Morgan fingerprint density at radius 2 is 1.64 bits per heavy atom. The summed E-state index contributed by atoms with van der Waals surface area (Å²) in [5, 5.41) is 34.9. The maximum absolute atomic E-state index is 13.6. The molecule has 0 spiro atoms. The molecular formula is C35H41N9O3. The van der Waals surface area contributed by atoms with E-state index in [4.69, 9.17) is 0 Å². The van der Waals surface area contributed by atoms with Gasteiger partial charge in [-0.15, -0.1) is 5.10 Å². The number of amides is 3. The lowest BCUT2D eigenvalue weighted by Gasteiger charge is -2.38. The number of tetrazole rings is 1. The van der Waals surface area contributed by atoms with E-state index >= 15 is 0 Å². The van der Waals surface area contributed by atoms with E-state index in [-0.39, 0.29) is 42.4 Å². The van der Waals surface area contributed by atoms with Crippen LogP contribution >= 0.6 is 0 Å². The normalized spacial score (nSPS) is 22.6. The predicted octanol–water partition coefficient (Wildman–Crippen LogP) is 2.40. The lowest BCUT2D eigenvalue weighted by molar-refractivity contribution is -0.131. The van der Waals surface area contributed by atoms with Gasteiger partial charge >= 0.3 is 0 Å². The molecule has 12 heteroatoms. The van der Waals surface area contributed by atoms with E-state index in [2.05, 4.69) is 42.6 Å². The lowest BCUT2D eigenvalue weighted by atomic mass is 9.67. The molecule has 0 radical (unpaired) electrons. The standard InChI is InChI=1S/C35H41N9O3/c1-3-37-32(46)23-9-11-27-21(13-23)7-8-22-14-24(33(47)38-4-2)10-12-28(22)35(27,34-40-42-43-41-34)17-29(20-5-6-20)39-19-31(45)44-26(18-36)15-25-16-30(25)44/h9-14,20,25-26,29-30,39H,3-8,15-17,19H2,1-2H3,(H,37,46)(H,38,47)(H,40,41,42,43)/t25-,26+,29-,30+/m1/s1. The van der Waals surface area contributed by atoms with Gasteiger partial charge < -0.3 is 20.9 Å². The molecule has 1 aliphatic heterocycles. The molecule has 4 aliphatic rings. The first-order chi connectivity index (χ1) is 22.9. The van der Waals surface area contributed by atoms with Gasteiger partial charge in [-0.1, -0.05) is 12.1 Å². The predicted molar refractivity (Wildman–Crippen MR) is 172 cm³/mol. The summed E-state index contributed by atoms with van der Waals surface area (Å²) in [6, 6.07) is 13.8. The largest absolute Gasteiger partial charge is 0.352 e. The topological polar surface area (TPSA) is 169 Å². The van der Waals surface area contributed by atoms with Crippen molar-refractivity contribution in [2.24, 2.45) is 11.8 Å². The van der Waals surface area contributed by atoms with Gasteiger partial charge in [0, 0.05) is 36.3 Å². The minimum Gasteiger partial charge on any atom is -0.352 e. The molecule has 0 bridgehead atoms. The molecule has 244 valence electrons. The second kappa shape index (κ2) is 12.5. The number of aromatic nitrogens is 4. The highest BCUT2D eigenvalue weighted by atomic mass is 16.2. The highest BCUT2D eigenvalue weighted by Crippen LogP contribution is 2.50. The van der Waals surface area contributed by atoms with Crippen LogP contribution in [0, 0.1) is 23.2 Å². The number of nitrogens with zero attached hydrogens (tertiary/aromatic N) is 5. The Bertz CT molecular complexity index is 1660. The van der Waals surface area contributed by atoms with Crippen LogP contribution in [0.1, 0.15) is 94.7 Å². The van der Waals surface area contributed by atoms with Crippen molar-refractivity contribution in [1.82, 2.24) is 41.5 Å². The van der Waals surface area contributed by atoms with Crippen molar-refractivity contribution in [3.05, 3.63) is 75.6 Å². The molecule has 1 saturated heterocycles. The quantitative estimate of drug-likeness (QED) is 0.249. The Morgan fingerprint density at radius 3 is 2.17 bits per heavy atom. The highest BCUT2D eigenvalue weighted by Gasteiger charge is 2.54. The minimum absolute atomic E-state index is 0.0256. The molecule has 2 aromatic carbocycles. The van der Waals surface area contributed by atoms with Gasteiger partial charge in [0.1, 0.15) is 6.04 Å². The van der Waals surface area contributed by atoms with Crippen LogP contribution < -0.4 is 16.0 Å². The third-order valence-electron chi connectivity index (χ3n) is 10.5. The molecule has 2 saturated carbocycles. The molecule has 3 aromatic rings. The molecule has 0 unspecified atom stereocenters. The second-order valence-electron chi connectivity index (χ2n) is 13.4. The fourth-order valence-corrected chi connectivity index (χ4v) is 8.04. The number of nitriles is 1. The van der Waals surface area contributed by atoms with Crippen molar-refractivity contribution >= 4 is 17.7 Å². The van der Waals surface area contributed by atoms with E-state index in [9.17, 15) is 19.6 Å². The number of likely N-dealkylation sites (tertiary alicyclic amines) is 1. The van der Waals surface area contributed by atoms with Gasteiger partial charge in [-0.25, -0.2) is 5.10 Å². The molecule has 3 aliphatic carbocycles. The van der Waals surface area contributed by atoms with E-state index in [1.54, 1.807) is 4.90 Å². The molecule has 4 N–H and O–H groups in total. The van der Waals surface area contributed by atoms with E-state index in [1.807, 2.05) is 50.2 Å². The third kappa shape index (κ3) is 5.67. The number of carbonyl (C=O) groups is 3. The molecular weight excluding hydrogens is 594 g/mol. The Kier molecular flexibility index (Phi) is 8.26. The summed E-state index contributed by atoms with van der Waals surface area (Å²) in [6.45, 7) is 5.00. The van der Waals surface area contributed by atoms with Crippen molar-refractivity contribution in [3.63, 3.8) is 0 Å². The summed E-state index contributed by atoms with van der Waals surface area (Å²) in [6.07, 6.45) is 5.70. The van der Waals surface area contributed by atoms with Crippen molar-refractivity contribution < 1.29 is 14.4 Å². The van der Waals surface area contributed by atoms with Gasteiger partial charge in [-0.05, 0) is 128 Å². The Labute approximate surface area is 274 Å². The summed E-state index contributed by atoms with van der Waals surface area (Å²) in [4.78, 5) is 41.3. The number of fused-ring (bicyclic) bond motifs is 3. The molecule has 3 fully saturated rings. The van der Waals surface area contributed by atoms with E-state index < -0.39 is 5.41 Å². The van der Waals surface area contributed by atoms with Gasteiger partial charge in [0.05, 0.1) is 18.0 Å². The van der Waals surface area contributed by atoms with Crippen molar-refractivity contribution in [2.45, 2.75) is 82.3 Å². The summed E-state index contributed by atoms with van der Waals surface area (Å²) in [7, 11) is 0. The van der Waals surface area contributed by atoms with Crippen LogP contribution in [-0.2, 0) is 23.1 Å². The summed E-state index contributed by atoms with van der Waals surface area (Å²) < 4.78 is 0. The molecule has 12 nitrogen and oxygen atoms in total. The van der Waals surface area contributed by atoms with Crippen LogP contribution in [0.4, 0.5) is 0 Å². The summed E-state index contributed by atoms with van der Waals surface area (Å²) in [5.41, 5.74) is 4.33. The zero-order valence-electron chi connectivity index (χ0n) is 26.9. The zero-order chi connectivity index (χ0) is 32.7. The average Bonchev–Trinajstić information content (AvgIpc) is 3.99. The first-order valence-corrected chi connectivity index (χ1v) is 16.9. The summed E-state index contributed by atoms with van der Waals surface area (Å²) in [5.74, 6) is 1.10. The monoisotopic (exact) mass is 635 g/mol. The number of aromatic amines is 1. The number of hydrogen-bond donors (Lipinski definition) is 4. The number of benzene rings is 2. The van der Waals surface area contributed by atoms with Gasteiger partial charge in [0.2, 0.25) is 5.91 Å². The van der Waals surface area contributed by atoms with Gasteiger partial charge in [-0.2, -0.15) is 5.26 Å². The average molecular weight is 636 g/mol. The minimum atomic E-state index is -0.863. The number of carbonyl (C=O) groups excluding carboxylic acids is 3. The van der Waals surface area contributed by atoms with E-state index in [1.165, 1.54) is 0 Å². The fraction of sp³-hybridized carbons (Fsp3) is 0.514. The highest BCUT2D eigenvalue weighted by molar-refractivity contribution is 5.95. The molecule has 4 atom stereocenters. The van der Waals surface area contributed by atoms with E-state index in [0.29, 0.717) is 61.1 Å². The third-order valence-corrected chi connectivity index (χ3v) is 10.5.